The van der Waals surface area contributed by atoms with Crippen LogP contribution in [0.5, 0.6) is 0 Å². The van der Waals surface area contributed by atoms with Crippen LogP contribution < -0.4 is 5.32 Å². The van der Waals surface area contributed by atoms with Crippen LogP contribution in [-0.4, -0.2) is 16.1 Å². The van der Waals surface area contributed by atoms with Gasteiger partial charge in [-0.15, -0.1) is 10.2 Å². The minimum absolute atomic E-state index is 0.0289. The van der Waals surface area contributed by atoms with Crippen molar-refractivity contribution in [1.29, 1.82) is 0 Å². The first kappa shape index (κ1) is 12.1. The smallest absolute Gasteiger partial charge is 0.220 e. The molecule has 0 saturated carbocycles. The third kappa shape index (κ3) is 4.88. The number of carbonyl (C=O) groups is 1. The summed E-state index contributed by atoms with van der Waals surface area (Å²) < 4.78 is 0. The van der Waals surface area contributed by atoms with Gasteiger partial charge in [0.1, 0.15) is 10.0 Å². The van der Waals surface area contributed by atoms with E-state index in [0.717, 1.165) is 10.0 Å². The van der Waals surface area contributed by atoms with Gasteiger partial charge in [0.25, 0.3) is 0 Å². The van der Waals surface area contributed by atoms with Crippen LogP contribution in [0.1, 0.15) is 37.2 Å². The Hall–Kier alpha value is -0.970. The molecule has 1 rings (SSSR count). The summed E-state index contributed by atoms with van der Waals surface area (Å²) in [5.74, 6) is 0.0651. The molecule has 5 heteroatoms. The molecule has 0 aliphatic heterocycles. The van der Waals surface area contributed by atoms with E-state index in [1.54, 1.807) is 0 Å². The lowest BCUT2D eigenvalue weighted by atomic mass is 9.92. The molecule has 0 spiro atoms. The molecule has 1 aromatic heterocycles. The van der Waals surface area contributed by atoms with E-state index in [1.807, 2.05) is 27.7 Å². The normalized spacial score (nSPS) is 11.5. The van der Waals surface area contributed by atoms with E-state index in [-0.39, 0.29) is 11.3 Å². The van der Waals surface area contributed by atoms with E-state index in [9.17, 15) is 4.79 Å². The molecular formula is C10H17N3OS. The molecule has 0 bridgehead atoms. The molecule has 0 saturated heterocycles. The van der Waals surface area contributed by atoms with Gasteiger partial charge in [0.15, 0.2) is 0 Å². The first-order chi connectivity index (χ1) is 6.87. The maximum atomic E-state index is 11.5. The monoisotopic (exact) mass is 227 g/mol. The highest BCUT2D eigenvalue weighted by atomic mass is 32.1. The number of carbonyl (C=O) groups excluding carboxylic acids is 1. The number of rotatable bonds is 3. The minimum Gasteiger partial charge on any atom is -0.349 e. The van der Waals surface area contributed by atoms with Crippen molar-refractivity contribution in [2.75, 3.05) is 0 Å². The molecule has 15 heavy (non-hydrogen) atoms. The Labute approximate surface area is 94.1 Å². The number of aromatic nitrogens is 2. The van der Waals surface area contributed by atoms with Crippen molar-refractivity contribution in [3.63, 3.8) is 0 Å². The number of nitrogens with zero attached hydrogens (tertiary/aromatic N) is 2. The topological polar surface area (TPSA) is 54.9 Å². The van der Waals surface area contributed by atoms with Gasteiger partial charge in [-0.1, -0.05) is 32.1 Å². The zero-order chi connectivity index (χ0) is 11.5. The molecule has 84 valence electrons. The SMILES string of the molecule is Cc1nnc(CNC(=O)CC(C)(C)C)s1. The van der Waals surface area contributed by atoms with Gasteiger partial charge in [-0.25, -0.2) is 0 Å². The summed E-state index contributed by atoms with van der Waals surface area (Å²) in [4.78, 5) is 11.5. The van der Waals surface area contributed by atoms with Crippen LogP contribution in [-0.2, 0) is 11.3 Å². The summed E-state index contributed by atoms with van der Waals surface area (Å²) >= 11 is 1.51. The van der Waals surface area contributed by atoms with Crippen molar-refractivity contribution in [1.82, 2.24) is 15.5 Å². The Morgan fingerprint density at radius 1 is 1.40 bits per heavy atom. The molecule has 0 fully saturated rings. The molecule has 4 nitrogen and oxygen atoms in total. The average Bonchev–Trinajstić information content (AvgIpc) is 2.45. The second-order valence-electron chi connectivity index (χ2n) is 4.73. The van der Waals surface area contributed by atoms with Crippen molar-refractivity contribution in [2.45, 2.75) is 40.7 Å². The van der Waals surface area contributed by atoms with Gasteiger partial charge >= 0.3 is 0 Å². The zero-order valence-corrected chi connectivity index (χ0v) is 10.4. The van der Waals surface area contributed by atoms with Crippen LogP contribution in [0.3, 0.4) is 0 Å². The number of amides is 1. The average molecular weight is 227 g/mol. The first-order valence-corrected chi connectivity index (χ1v) is 5.74. The van der Waals surface area contributed by atoms with Gasteiger partial charge in [-0.3, -0.25) is 4.79 Å². The Bertz CT molecular complexity index is 341. The fourth-order valence-electron chi connectivity index (χ4n) is 1.13. The molecule has 0 aliphatic rings. The van der Waals surface area contributed by atoms with Gasteiger partial charge in [-0.2, -0.15) is 0 Å². The van der Waals surface area contributed by atoms with Gasteiger partial charge in [0.05, 0.1) is 6.54 Å². The van der Waals surface area contributed by atoms with Gasteiger partial charge in [-0.05, 0) is 12.3 Å². The zero-order valence-electron chi connectivity index (χ0n) is 9.63. The van der Waals surface area contributed by atoms with Crippen molar-refractivity contribution >= 4 is 17.2 Å². The lowest BCUT2D eigenvalue weighted by Crippen LogP contribution is -2.27. The number of aryl methyl sites for hydroxylation is 1. The quantitative estimate of drug-likeness (QED) is 0.858. The molecule has 0 unspecified atom stereocenters. The highest BCUT2D eigenvalue weighted by molar-refractivity contribution is 7.11. The highest BCUT2D eigenvalue weighted by Crippen LogP contribution is 2.18. The Morgan fingerprint density at radius 2 is 2.07 bits per heavy atom. The summed E-state index contributed by atoms with van der Waals surface area (Å²) in [5.41, 5.74) is 0.0289. The lowest BCUT2D eigenvalue weighted by molar-refractivity contribution is -0.122. The second-order valence-corrected chi connectivity index (χ2v) is 6.00. The summed E-state index contributed by atoms with van der Waals surface area (Å²) in [5, 5.41) is 12.4. The van der Waals surface area contributed by atoms with Crippen molar-refractivity contribution < 1.29 is 4.79 Å². The van der Waals surface area contributed by atoms with Crippen LogP contribution >= 0.6 is 11.3 Å². The highest BCUT2D eigenvalue weighted by Gasteiger charge is 2.15. The standard InChI is InChI=1S/C10H17N3OS/c1-7-12-13-9(15-7)6-11-8(14)5-10(2,3)4/h5-6H2,1-4H3,(H,11,14). The number of nitrogens with one attached hydrogen (secondary N) is 1. The van der Waals surface area contributed by atoms with Crippen molar-refractivity contribution in [3.05, 3.63) is 10.0 Å². The molecule has 1 aromatic rings. The molecule has 0 aliphatic carbocycles. The van der Waals surface area contributed by atoms with E-state index in [0.29, 0.717) is 13.0 Å². The molecule has 1 amide bonds. The van der Waals surface area contributed by atoms with Crippen molar-refractivity contribution in [3.8, 4) is 0 Å². The van der Waals surface area contributed by atoms with E-state index in [2.05, 4.69) is 15.5 Å². The predicted octanol–water partition coefficient (Wildman–Crippen LogP) is 1.90. The maximum Gasteiger partial charge on any atom is 0.220 e. The largest absolute Gasteiger partial charge is 0.349 e. The summed E-state index contributed by atoms with van der Waals surface area (Å²) in [6.07, 6.45) is 0.533. The fraction of sp³-hybridized carbons (Fsp3) is 0.700. The lowest BCUT2D eigenvalue weighted by Gasteiger charge is -2.16. The summed E-state index contributed by atoms with van der Waals surface area (Å²) in [7, 11) is 0. The molecule has 1 heterocycles. The number of hydrogen-bond acceptors (Lipinski definition) is 4. The van der Waals surface area contributed by atoms with E-state index >= 15 is 0 Å². The van der Waals surface area contributed by atoms with E-state index in [4.69, 9.17) is 0 Å². The molecule has 0 radical (unpaired) electrons. The Morgan fingerprint density at radius 3 is 2.53 bits per heavy atom. The molecule has 0 aromatic carbocycles. The van der Waals surface area contributed by atoms with Crippen LogP contribution in [0, 0.1) is 12.3 Å². The summed E-state index contributed by atoms with van der Waals surface area (Å²) in [6.45, 7) is 8.52. The maximum absolute atomic E-state index is 11.5. The van der Waals surface area contributed by atoms with Crippen LogP contribution in [0.4, 0.5) is 0 Å². The second kappa shape index (κ2) is 4.70. The van der Waals surface area contributed by atoms with Crippen LogP contribution in [0.15, 0.2) is 0 Å². The van der Waals surface area contributed by atoms with E-state index < -0.39 is 0 Å². The van der Waals surface area contributed by atoms with Crippen molar-refractivity contribution in [2.24, 2.45) is 5.41 Å². The predicted molar refractivity (Wildman–Crippen MR) is 60.6 cm³/mol. The Kier molecular flexibility index (Phi) is 3.79. The third-order valence-corrected chi connectivity index (χ3v) is 2.53. The van der Waals surface area contributed by atoms with Crippen LogP contribution in [0.25, 0.3) is 0 Å². The molecule has 1 N–H and O–H groups in total. The first-order valence-electron chi connectivity index (χ1n) is 4.92. The third-order valence-electron chi connectivity index (χ3n) is 1.70. The van der Waals surface area contributed by atoms with E-state index in [1.165, 1.54) is 11.3 Å². The molecule has 0 atom stereocenters. The Balaban J connectivity index is 2.35. The van der Waals surface area contributed by atoms with Gasteiger partial charge in [0, 0.05) is 6.42 Å². The van der Waals surface area contributed by atoms with Gasteiger partial charge in [0.2, 0.25) is 5.91 Å². The van der Waals surface area contributed by atoms with Crippen LogP contribution in [0.2, 0.25) is 0 Å². The summed E-state index contributed by atoms with van der Waals surface area (Å²) in [6, 6.07) is 0. The number of hydrogen-bond donors (Lipinski definition) is 1. The fourth-order valence-corrected chi connectivity index (χ4v) is 1.78. The molecular weight excluding hydrogens is 210 g/mol. The minimum atomic E-state index is 0.0289. The van der Waals surface area contributed by atoms with Gasteiger partial charge < -0.3 is 5.32 Å².